The fourth-order valence-electron chi connectivity index (χ4n) is 2.96. The molecule has 0 bridgehead atoms. The fourth-order valence-corrected chi connectivity index (χ4v) is 3.29. The van der Waals surface area contributed by atoms with E-state index in [2.05, 4.69) is 42.5 Å². The summed E-state index contributed by atoms with van der Waals surface area (Å²) >= 11 is 3.50. The molecule has 0 atom stereocenters. The van der Waals surface area contributed by atoms with E-state index in [-0.39, 0.29) is 12.3 Å². The van der Waals surface area contributed by atoms with Gasteiger partial charge in [0.15, 0.2) is 11.3 Å². The highest BCUT2D eigenvalue weighted by atomic mass is 79.9. The number of nitrogens with one attached hydrogen (secondary N) is 1. The molecule has 0 fully saturated rings. The SMILES string of the molecule is CCOC(=O)c1cc(NCc2cccc(-n3cccn3)c2)n2nc(C)c(Br)c2n1. The lowest BCUT2D eigenvalue weighted by atomic mass is 10.2. The highest BCUT2D eigenvalue weighted by Gasteiger charge is 2.17. The third kappa shape index (κ3) is 3.86. The molecule has 29 heavy (non-hydrogen) atoms. The van der Waals surface area contributed by atoms with Crippen molar-refractivity contribution in [2.24, 2.45) is 0 Å². The molecule has 3 heterocycles. The monoisotopic (exact) mass is 454 g/mol. The van der Waals surface area contributed by atoms with E-state index in [9.17, 15) is 4.79 Å². The molecule has 148 valence electrons. The van der Waals surface area contributed by atoms with Crippen molar-refractivity contribution >= 4 is 33.4 Å². The van der Waals surface area contributed by atoms with Gasteiger partial charge in [0.25, 0.3) is 0 Å². The van der Waals surface area contributed by atoms with Gasteiger partial charge in [0.1, 0.15) is 5.82 Å². The van der Waals surface area contributed by atoms with Crippen molar-refractivity contribution in [1.82, 2.24) is 24.4 Å². The van der Waals surface area contributed by atoms with E-state index in [1.807, 2.05) is 37.4 Å². The van der Waals surface area contributed by atoms with Crippen LogP contribution in [0.1, 0.15) is 28.7 Å². The molecule has 0 spiro atoms. The number of fused-ring (bicyclic) bond motifs is 1. The van der Waals surface area contributed by atoms with Crippen molar-refractivity contribution in [3.05, 3.63) is 70.2 Å². The molecule has 0 saturated heterocycles. The van der Waals surface area contributed by atoms with Gasteiger partial charge in [-0.15, -0.1) is 0 Å². The molecule has 0 aliphatic heterocycles. The average Bonchev–Trinajstić information content (AvgIpc) is 3.36. The van der Waals surface area contributed by atoms with Gasteiger partial charge in [0.2, 0.25) is 0 Å². The van der Waals surface area contributed by atoms with Gasteiger partial charge >= 0.3 is 5.97 Å². The molecule has 0 amide bonds. The summed E-state index contributed by atoms with van der Waals surface area (Å²) in [5.74, 6) is 0.181. The minimum Gasteiger partial charge on any atom is -0.461 e. The zero-order valence-electron chi connectivity index (χ0n) is 16.0. The van der Waals surface area contributed by atoms with Gasteiger partial charge in [-0.05, 0) is 53.5 Å². The average molecular weight is 455 g/mol. The predicted octanol–water partition coefficient (Wildman–Crippen LogP) is 3.77. The minimum atomic E-state index is -0.468. The van der Waals surface area contributed by atoms with Gasteiger partial charge in [-0.1, -0.05) is 12.1 Å². The number of halogens is 1. The lowest BCUT2D eigenvalue weighted by Gasteiger charge is -2.11. The van der Waals surface area contributed by atoms with Crippen molar-refractivity contribution in [3.8, 4) is 5.69 Å². The zero-order chi connectivity index (χ0) is 20.4. The van der Waals surface area contributed by atoms with Gasteiger partial charge in [-0.25, -0.2) is 14.5 Å². The number of hydrogen-bond acceptors (Lipinski definition) is 6. The van der Waals surface area contributed by atoms with Crippen molar-refractivity contribution < 1.29 is 9.53 Å². The number of nitrogens with zero attached hydrogens (tertiary/aromatic N) is 5. The van der Waals surface area contributed by atoms with E-state index in [0.717, 1.165) is 21.4 Å². The van der Waals surface area contributed by atoms with Crippen LogP contribution < -0.4 is 5.32 Å². The van der Waals surface area contributed by atoms with E-state index in [4.69, 9.17) is 4.74 Å². The second-order valence-electron chi connectivity index (χ2n) is 6.36. The second-order valence-corrected chi connectivity index (χ2v) is 7.15. The third-order valence-electron chi connectivity index (χ3n) is 4.33. The summed E-state index contributed by atoms with van der Waals surface area (Å²) in [6.07, 6.45) is 3.64. The molecule has 3 aromatic heterocycles. The second kappa shape index (κ2) is 8.04. The normalized spacial score (nSPS) is 11.0. The lowest BCUT2D eigenvalue weighted by Crippen LogP contribution is -2.12. The van der Waals surface area contributed by atoms with Gasteiger partial charge in [0.05, 0.1) is 22.5 Å². The van der Waals surface area contributed by atoms with Crippen LogP contribution in [0, 0.1) is 6.92 Å². The highest BCUT2D eigenvalue weighted by molar-refractivity contribution is 9.10. The number of hydrogen-bond donors (Lipinski definition) is 1. The van der Waals surface area contributed by atoms with Crippen LogP contribution in [0.5, 0.6) is 0 Å². The van der Waals surface area contributed by atoms with Crippen LogP contribution in [0.15, 0.2) is 53.3 Å². The third-order valence-corrected chi connectivity index (χ3v) is 5.26. The molecule has 4 aromatic rings. The topological polar surface area (TPSA) is 86.3 Å². The molecule has 0 aliphatic rings. The van der Waals surface area contributed by atoms with E-state index in [1.54, 1.807) is 28.4 Å². The Morgan fingerprint density at radius 3 is 2.90 bits per heavy atom. The zero-order valence-corrected chi connectivity index (χ0v) is 17.5. The van der Waals surface area contributed by atoms with Crippen molar-refractivity contribution in [3.63, 3.8) is 0 Å². The summed E-state index contributed by atoms with van der Waals surface area (Å²) in [5, 5.41) is 12.1. The van der Waals surface area contributed by atoms with Gasteiger partial charge < -0.3 is 10.1 Å². The molecule has 4 rings (SSSR count). The Hall–Kier alpha value is -3.20. The Morgan fingerprint density at radius 1 is 1.28 bits per heavy atom. The van der Waals surface area contributed by atoms with Gasteiger partial charge in [0, 0.05) is 25.0 Å². The number of rotatable bonds is 6. The summed E-state index contributed by atoms with van der Waals surface area (Å²) in [6, 6.07) is 11.6. The quantitative estimate of drug-likeness (QED) is 0.446. The molecule has 1 N–H and O–H groups in total. The summed E-state index contributed by atoms with van der Waals surface area (Å²) in [7, 11) is 0. The van der Waals surface area contributed by atoms with E-state index < -0.39 is 5.97 Å². The van der Waals surface area contributed by atoms with Gasteiger partial charge in [-0.3, -0.25) is 0 Å². The van der Waals surface area contributed by atoms with Crippen molar-refractivity contribution in [1.29, 1.82) is 0 Å². The molecule has 0 unspecified atom stereocenters. The summed E-state index contributed by atoms with van der Waals surface area (Å²) in [4.78, 5) is 16.6. The summed E-state index contributed by atoms with van der Waals surface area (Å²) < 4.78 is 9.34. The van der Waals surface area contributed by atoms with Crippen LogP contribution in [0.2, 0.25) is 0 Å². The van der Waals surface area contributed by atoms with Crippen molar-refractivity contribution in [2.75, 3.05) is 11.9 Å². The first-order valence-electron chi connectivity index (χ1n) is 9.12. The Labute approximate surface area is 175 Å². The smallest absolute Gasteiger partial charge is 0.357 e. The number of aryl methyl sites for hydroxylation is 1. The Morgan fingerprint density at radius 2 is 2.14 bits per heavy atom. The summed E-state index contributed by atoms with van der Waals surface area (Å²) in [6.45, 7) is 4.46. The first-order valence-corrected chi connectivity index (χ1v) is 9.92. The Kier molecular flexibility index (Phi) is 5.30. The maximum atomic E-state index is 12.2. The molecular weight excluding hydrogens is 436 g/mol. The van der Waals surface area contributed by atoms with Crippen LogP contribution in [0.3, 0.4) is 0 Å². The molecule has 0 radical (unpaired) electrons. The van der Waals surface area contributed by atoms with E-state index in [1.165, 1.54) is 0 Å². The number of benzene rings is 1. The maximum Gasteiger partial charge on any atom is 0.357 e. The number of ether oxygens (including phenoxy) is 1. The van der Waals surface area contributed by atoms with E-state index >= 15 is 0 Å². The van der Waals surface area contributed by atoms with Crippen LogP contribution >= 0.6 is 15.9 Å². The summed E-state index contributed by atoms with van der Waals surface area (Å²) in [5.41, 5.74) is 3.60. The van der Waals surface area contributed by atoms with Crippen LogP contribution in [0.25, 0.3) is 11.3 Å². The van der Waals surface area contributed by atoms with Crippen LogP contribution in [-0.2, 0) is 11.3 Å². The minimum absolute atomic E-state index is 0.229. The molecule has 0 saturated carbocycles. The number of carbonyl (C=O) groups is 1. The molecule has 1 aromatic carbocycles. The van der Waals surface area contributed by atoms with Crippen LogP contribution in [-0.4, -0.2) is 37.0 Å². The number of anilines is 1. The lowest BCUT2D eigenvalue weighted by molar-refractivity contribution is 0.0519. The molecule has 8 nitrogen and oxygen atoms in total. The number of aromatic nitrogens is 5. The van der Waals surface area contributed by atoms with Gasteiger partial charge in [-0.2, -0.15) is 14.7 Å². The largest absolute Gasteiger partial charge is 0.461 e. The Bertz CT molecular complexity index is 1170. The predicted molar refractivity (Wildman–Crippen MR) is 112 cm³/mol. The first-order chi connectivity index (χ1) is 14.1. The fraction of sp³-hybridized carbons (Fsp3) is 0.200. The highest BCUT2D eigenvalue weighted by Crippen LogP contribution is 2.24. The standard InChI is InChI=1S/C20H19BrN6O2/c1-3-29-20(28)16-11-17(27-19(24-16)18(21)13(2)25-27)22-12-14-6-4-7-15(10-14)26-9-5-8-23-26/h4-11,22H,3,12H2,1-2H3. The number of esters is 1. The van der Waals surface area contributed by atoms with Crippen molar-refractivity contribution in [2.45, 2.75) is 20.4 Å². The Balaban J connectivity index is 1.66. The van der Waals surface area contributed by atoms with E-state index in [0.29, 0.717) is 18.0 Å². The number of carbonyl (C=O) groups excluding carboxylic acids is 1. The van der Waals surface area contributed by atoms with Crippen LogP contribution in [0.4, 0.5) is 5.82 Å². The molecular formula is C20H19BrN6O2. The molecule has 9 heteroatoms. The maximum absolute atomic E-state index is 12.2. The first kappa shape index (κ1) is 19.1. The molecule has 0 aliphatic carbocycles.